The maximum Gasteiger partial charge on any atom is 0.321 e. The fraction of sp³-hybridized carbons (Fsp3) is 0.471. The van der Waals surface area contributed by atoms with Crippen LogP contribution < -0.4 is 5.32 Å². The van der Waals surface area contributed by atoms with Crippen molar-refractivity contribution in [3.63, 3.8) is 0 Å². The number of amides is 2. The molecule has 0 bridgehead atoms. The van der Waals surface area contributed by atoms with Crippen LogP contribution in [0.4, 0.5) is 16.2 Å². The van der Waals surface area contributed by atoms with Gasteiger partial charge in [-0.3, -0.25) is 15.0 Å². The van der Waals surface area contributed by atoms with Gasteiger partial charge in [-0.1, -0.05) is 25.1 Å². The van der Waals surface area contributed by atoms with Gasteiger partial charge in [0.15, 0.2) is 0 Å². The Hall–Kier alpha value is -2.41. The number of hydrogen-bond donors (Lipinski definition) is 1. The summed E-state index contributed by atoms with van der Waals surface area (Å²) in [6.45, 7) is 5.18. The van der Waals surface area contributed by atoms with E-state index in [0.29, 0.717) is 36.8 Å². The molecule has 0 aromatic heterocycles. The topological polar surface area (TPSA) is 78.7 Å². The van der Waals surface area contributed by atoms with E-state index in [2.05, 4.69) is 22.4 Å². The first-order chi connectivity index (χ1) is 11.6. The third-order valence-electron chi connectivity index (χ3n) is 4.73. The van der Waals surface area contributed by atoms with E-state index in [-0.39, 0.29) is 11.7 Å². The first kappa shape index (κ1) is 16.4. The number of nitrogens with one attached hydrogen (secondary N) is 1. The highest BCUT2D eigenvalue weighted by Gasteiger charge is 2.30. The Bertz CT molecular complexity index is 666. The average molecular weight is 330 g/mol. The molecule has 2 heterocycles. The Morgan fingerprint density at radius 3 is 2.79 bits per heavy atom. The molecule has 2 amide bonds. The zero-order valence-electron chi connectivity index (χ0n) is 13.8. The zero-order chi connectivity index (χ0) is 17.1. The molecular formula is C17H22N4O3. The second kappa shape index (κ2) is 7.00. The Morgan fingerprint density at radius 1 is 1.38 bits per heavy atom. The molecule has 1 aromatic carbocycles. The second-order valence-electron chi connectivity index (χ2n) is 6.20. The number of carbonyl (C=O) groups is 1. The molecule has 1 saturated heterocycles. The monoisotopic (exact) mass is 330 g/mol. The molecule has 1 aromatic rings. The van der Waals surface area contributed by atoms with Crippen LogP contribution in [0, 0.1) is 10.1 Å². The Kier molecular flexibility index (Phi) is 4.80. The lowest BCUT2D eigenvalue weighted by atomic mass is 10.1. The highest BCUT2D eigenvalue weighted by atomic mass is 16.6. The summed E-state index contributed by atoms with van der Waals surface area (Å²) in [4.78, 5) is 27.3. The van der Waals surface area contributed by atoms with Gasteiger partial charge >= 0.3 is 6.03 Å². The Morgan fingerprint density at radius 2 is 2.12 bits per heavy atom. The summed E-state index contributed by atoms with van der Waals surface area (Å²) in [5.74, 6) is 0. The van der Waals surface area contributed by atoms with Crippen LogP contribution in [0.3, 0.4) is 0 Å². The van der Waals surface area contributed by atoms with Gasteiger partial charge in [-0.05, 0) is 18.9 Å². The molecule has 7 nitrogen and oxygen atoms in total. The fourth-order valence-electron chi connectivity index (χ4n) is 3.33. The Balaban J connectivity index is 1.63. The molecule has 0 radical (unpaired) electrons. The van der Waals surface area contributed by atoms with E-state index in [4.69, 9.17) is 0 Å². The number of nitrogens with zero attached hydrogens (tertiary/aromatic N) is 3. The molecule has 1 N–H and O–H groups in total. The van der Waals surface area contributed by atoms with Crippen molar-refractivity contribution in [1.82, 2.24) is 9.80 Å². The van der Waals surface area contributed by atoms with Crippen molar-refractivity contribution in [3.05, 3.63) is 46.0 Å². The number of nitro benzene ring substituents is 1. The quantitative estimate of drug-likeness (QED) is 0.523. The van der Waals surface area contributed by atoms with Gasteiger partial charge in [0.1, 0.15) is 0 Å². The standard InChI is InChI=1S/C17H22N4O3/c1-2-13-5-6-14(11-16(13)21(23)24)18-17(22)20-10-7-15(12-20)19-8-3-4-9-19/h3-6,11,15H,2,7-10,12H2,1H3,(H,18,22). The largest absolute Gasteiger partial charge is 0.323 e. The number of nitro groups is 1. The molecule has 7 heteroatoms. The molecule has 24 heavy (non-hydrogen) atoms. The van der Waals surface area contributed by atoms with Crippen molar-refractivity contribution in [2.75, 3.05) is 31.5 Å². The molecule has 0 saturated carbocycles. The van der Waals surface area contributed by atoms with E-state index in [1.807, 2.05) is 6.92 Å². The van der Waals surface area contributed by atoms with Gasteiger partial charge in [-0.15, -0.1) is 0 Å². The minimum atomic E-state index is -0.402. The first-order valence-corrected chi connectivity index (χ1v) is 8.30. The number of likely N-dealkylation sites (tertiary alicyclic amines) is 1. The zero-order valence-corrected chi connectivity index (χ0v) is 13.8. The van der Waals surface area contributed by atoms with Crippen molar-refractivity contribution in [1.29, 1.82) is 0 Å². The summed E-state index contributed by atoms with van der Waals surface area (Å²) in [6.07, 6.45) is 5.85. The summed E-state index contributed by atoms with van der Waals surface area (Å²) in [5, 5.41) is 13.9. The SMILES string of the molecule is CCc1ccc(NC(=O)N2CCC(N3CC=CC3)C2)cc1[N+](=O)[O-]. The van der Waals surface area contributed by atoms with Crippen LogP contribution in [0.5, 0.6) is 0 Å². The van der Waals surface area contributed by atoms with Crippen LogP contribution in [0.15, 0.2) is 30.4 Å². The highest BCUT2D eigenvalue weighted by Crippen LogP contribution is 2.25. The van der Waals surface area contributed by atoms with Crippen molar-refractivity contribution in [2.24, 2.45) is 0 Å². The van der Waals surface area contributed by atoms with E-state index in [0.717, 1.165) is 19.5 Å². The molecule has 0 aliphatic carbocycles. The van der Waals surface area contributed by atoms with E-state index in [9.17, 15) is 14.9 Å². The number of carbonyl (C=O) groups excluding carboxylic acids is 1. The molecule has 1 unspecified atom stereocenters. The van der Waals surface area contributed by atoms with Crippen molar-refractivity contribution >= 4 is 17.4 Å². The summed E-state index contributed by atoms with van der Waals surface area (Å²) < 4.78 is 0. The third-order valence-corrected chi connectivity index (χ3v) is 4.73. The van der Waals surface area contributed by atoms with Crippen molar-refractivity contribution < 1.29 is 9.72 Å². The molecule has 2 aliphatic heterocycles. The van der Waals surface area contributed by atoms with Crippen LogP contribution in [-0.2, 0) is 6.42 Å². The molecular weight excluding hydrogens is 308 g/mol. The average Bonchev–Trinajstić information content (AvgIpc) is 3.25. The van der Waals surface area contributed by atoms with E-state index in [1.54, 1.807) is 17.0 Å². The lowest BCUT2D eigenvalue weighted by Crippen LogP contribution is -2.38. The van der Waals surface area contributed by atoms with Crippen molar-refractivity contribution in [2.45, 2.75) is 25.8 Å². The summed E-state index contributed by atoms with van der Waals surface area (Å²) in [6, 6.07) is 5.07. The first-order valence-electron chi connectivity index (χ1n) is 8.30. The van der Waals surface area contributed by atoms with Crippen LogP contribution in [0.1, 0.15) is 18.9 Å². The van der Waals surface area contributed by atoms with Gasteiger partial charge < -0.3 is 10.2 Å². The summed E-state index contributed by atoms with van der Waals surface area (Å²) in [7, 11) is 0. The van der Waals surface area contributed by atoms with Crippen LogP contribution in [-0.4, -0.2) is 53.0 Å². The molecule has 128 valence electrons. The van der Waals surface area contributed by atoms with Crippen LogP contribution >= 0.6 is 0 Å². The van der Waals surface area contributed by atoms with Crippen LogP contribution in [0.2, 0.25) is 0 Å². The maximum atomic E-state index is 12.4. The summed E-state index contributed by atoms with van der Waals surface area (Å²) in [5.41, 5.74) is 1.19. The van der Waals surface area contributed by atoms with Crippen LogP contribution in [0.25, 0.3) is 0 Å². The second-order valence-corrected chi connectivity index (χ2v) is 6.20. The minimum absolute atomic E-state index is 0.0535. The number of aryl methyl sites for hydroxylation is 1. The third kappa shape index (κ3) is 3.41. The minimum Gasteiger partial charge on any atom is -0.323 e. The fourth-order valence-corrected chi connectivity index (χ4v) is 3.33. The number of urea groups is 1. The number of anilines is 1. The lowest BCUT2D eigenvalue weighted by Gasteiger charge is -2.23. The predicted octanol–water partition coefficient (Wildman–Crippen LogP) is 2.64. The van der Waals surface area contributed by atoms with Gasteiger partial charge in [0.05, 0.1) is 4.92 Å². The van der Waals surface area contributed by atoms with E-state index >= 15 is 0 Å². The molecule has 0 spiro atoms. The Labute approximate surface area is 141 Å². The van der Waals surface area contributed by atoms with E-state index in [1.165, 1.54) is 6.07 Å². The number of hydrogen-bond acceptors (Lipinski definition) is 4. The van der Waals surface area contributed by atoms with Gasteiger partial charge in [-0.25, -0.2) is 4.79 Å². The molecule has 1 fully saturated rings. The normalized spacial score (nSPS) is 20.5. The van der Waals surface area contributed by atoms with Gasteiger partial charge in [0.2, 0.25) is 0 Å². The highest BCUT2D eigenvalue weighted by molar-refractivity contribution is 5.90. The molecule has 2 aliphatic rings. The predicted molar refractivity (Wildman–Crippen MR) is 92.2 cm³/mol. The number of rotatable bonds is 4. The van der Waals surface area contributed by atoms with Gasteiger partial charge in [0.25, 0.3) is 5.69 Å². The summed E-state index contributed by atoms with van der Waals surface area (Å²) >= 11 is 0. The smallest absolute Gasteiger partial charge is 0.321 e. The maximum absolute atomic E-state index is 12.4. The lowest BCUT2D eigenvalue weighted by molar-refractivity contribution is -0.385. The van der Waals surface area contributed by atoms with E-state index < -0.39 is 4.92 Å². The molecule has 3 rings (SSSR count). The van der Waals surface area contributed by atoms with Crippen molar-refractivity contribution in [3.8, 4) is 0 Å². The molecule has 1 atom stereocenters. The number of benzene rings is 1. The van der Waals surface area contributed by atoms with Gasteiger partial charge in [0, 0.05) is 49.5 Å². The van der Waals surface area contributed by atoms with Gasteiger partial charge in [-0.2, -0.15) is 0 Å².